The molecule has 1 aliphatic heterocycles. The molecule has 1 aliphatic rings. The van der Waals surface area contributed by atoms with Crippen molar-refractivity contribution in [2.75, 3.05) is 0 Å². The van der Waals surface area contributed by atoms with Crippen LogP contribution < -0.4 is 0 Å². The summed E-state index contributed by atoms with van der Waals surface area (Å²) in [7, 11) is 0. The number of aromatic amines is 1. The number of para-hydroxylation sites is 1. The number of fused-ring (bicyclic) bond motifs is 2. The molecule has 0 saturated carbocycles. The van der Waals surface area contributed by atoms with Crippen molar-refractivity contribution >= 4 is 10.9 Å². The fourth-order valence-electron chi connectivity index (χ4n) is 2.99. The van der Waals surface area contributed by atoms with E-state index in [4.69, 9.17) is 0 Å². The number of H-pyrrole nitrogens is 1. The van der Waals surface area contributed by atoms with Crippen molar-refractivity contribution in [3.8, 4) is 0 Å². The largest absolute Gasteiger partial charge is 0.361 e. The number of hydrogen-bond acceptors (Lipinski definition) is 1. The first kappa shape index (κ1) is 17.3. The Hall–Kier alpha value is -2.03. The zero-order chi connectivity index (χ0) is 16.8. The number of aryl methyl sites for hydroxylation is 2. The Balaban J connectivity index is 0.000000155. The van der Waals surface area contributed by atoms with Gasteiger partial charge in [-0.15, -0.1) is 0 Å². The molecule has 124 valence electrons. The number of nitrogens with one attached hydrogen (secondary N) is 1. The van der Waals surface area contributed by atoms with Gasteiger partial charge < -0.3 is 4.98 Å². The van der Waals surface area contributed by atoms with Crippen LogP contribution in [0.2, 0.25) is 0 Å². The van der Waals surface area contributed by atoms with Crippen molar-refractivity contribution in [2.45, 2.75) is 59.9 Å². The first-order valence-electron chi connectivity index (χ1n) is 8.74. The van der Waals surface area contributed by atoms with Gasteiger partial charge in [0.1, 0.15) is 0 Å². The molecule has 3 nitrogen and oxygen atoms in total. The van der Waals surface area contributed by atoms with Gasteiger partial charge in [0.2, 0.25) is 0 Å². The number of benzene rings is 1. The van der Waals surface area contributed by atoms with Crippen molar-refractivity contribution in [3.63, 3.8) is 0 Å². The van der Waals surface area contributed by atoms with Crippen LogP contribution in [-0.4, -0.2) is 14.8 Å². The molecule has 0 amide bonds. The van der Waals surface area contributed by atoms with E-state index in [1.54, 1.807) is 0 Å². The fourth-order valence-corrected chi connectivity index (χ4v) is 2.99. The molecule has 2 aromatic heterocycles. The van der Waals surface area contributed by atoms with Crippen LogP contribution in [0.15, 0.2) is 36.7 Å². The zero-order valence-corrected chi connectivity index (χ0v) is 15.1. The van der Waals surface area contributed by atoms with Crippen LogP contribution in [0, 0.1) is 6.92 Å². The SMILES string of the molecule is CC.CC(C)c1c[nH]c2ccccc12.Cc1cnn2c1CCC2. The van der Waals surface area contributed by atoms with Crippen molar-refractivity contribution in [3.05, 3.63) is 53.5 Å². The van der Waals surface area contributed by atoms with E-state index in [2.05, 4.69) is 66.0 Å². The van der Waals surface area contributed by atoms with Gasteiger partial charge in [0, 0.05) is 29.3 Å². The van der Waals surface area contributed by atoms with E-state index in [1.807, 2.05) is 20.0 Å². The van der Waals surface area contributed by atoms with Gasteiger partial charge in [-0.2, -0.15) is 5.10 Å². The lowest BCUT2D eigenvalue weighted by molar-refractivity contribution is 0.656. The van der Waals surface area contributed by atoms with E-state index >= 15 is 0 Å². The maximum atomic E-state index is 4.21. The standard InChI is InChI=1S/C11H13N.C7H10N2.C2H6/c1-8(2)10-7-12-11-6-4-3-5-9(10)11;1-6-5-8-9-4-2-3-7(6)9;1-2/h3-8,12H,1-2H3;5H,2-4H2,1H3;1-2H3. The molecular weight excluding hydrogens is 282 g/mol. The summed E-state index contributed by atoms with van der Waals surface area (Å²) in [4.78, 5) is 3.27. The Morgan fingerprint density at radius 3 is 2.61 bits per heavy atom. The molecule has 1 aromatic carbocycles. The van der Waals surface area contributed by atoms with Gasteiger partial charge in [-0.25, -0.2) is 0 Å². The third kappa shape index (κ3) is 3.84. The molecule has 0 bridgehead atoms. The van der Waals surface area contributed by atoms with Gasteiger partial charge in [0.05, 0.1) is 6.20 Å². The molecule has 0 saturated heterocycles. The van der Waals surface area contributed by atoms with Gasteiger partial charge >= 0.3 is 0 Å². The lowest BCUT2D eigenvalue weighted by atomic mass is 10.0. The minimum atomic E-state index is 0.598. The highest BCUT2D eigenvalue weighted by Crippen LogP contribution is 2.24. The van der Waals surface area contributed by atoms with Crippen LogP contribution in [0.5, 0.6) is 0 Å². The van der Waals surface area contributed by atoms with E-state index in [9.17, 15) is 0 Å². The summed E-state index contributed by atoms with van der Waals surface area (Å²) in [5.41, 5.74) is 5.44. The number of rotatable bonds is 1. The zero-order valence-electron chi connectivity index (χ0n) is 15.1. The second-order valence-corrected chi connectivity index (χ2v) is 6.05. The molecular formula is C20H29N3. The van der Waals surface area contributed by atoms with Crippen molar-refractivity contribution < 1.29 is 0 Å². The topological polar surface area (TPSA) is 33.6 Å². The summed E-state index contributed by atoms with van der Waals surface area (Å²) in [6.45, 7) is 11.7. The highest BCUT2D eigenvalue weighted by atomic mass is 15.3. The first-order valence-corrected chi connectivity index (χ1v) is 8.74. The van der Waals surface area contributed by atoms with Crippen LogP contribution in [0.4, 0.5) is 0 Å². The number of aromatic nitrogens is 3. The molecule has 1 N–H and O–H groups in total. The van der Waals surface area contributed by atoms with Crippen molar-refractivity contribution in [1.29, 1.82) is 0 Å². The Labute approximate surface area is 139 Å². The molecule has 0 spiro atoms. The molecule has 0 atom stereocenters. The lowest BCUT2D eigenvalue weighted by Gasteiger charge is -2.00. The van der Waals surface area contributed by atoms with E-state index in [0.29, 0.717) is 5.92 Å². The molecule has 3 aromatic rings. The van der Waals surface area contributed by atoms with E-state index in [-0.39, 0.29) is 0 Å². The Morgan fingerprint density at radius 2 is 1.91 bits per heavy atom. The fraction of sp³-hybridized carbons (Fsp3) is 0.450. The normalized spacial score (nSPS) is 12.4. The van der Waals surface area contributed by atoms with Crippen molar-refractivity contribution in [1.82, 2.24) is 14.8 Å². The second kappa shape index (κ2) is 8.00. The van der Waals surface area contributed by atoms with Crippen LogP contribution in [0.1, 0.15) is 56.9 Å². The smallest absolute Gasteiger partial charge is 0.0521 e. The first-order chi connectivity index (χ1) is 11.2. The van der Waals surface area contributed by atoms with E-state index in [0.717, 1.165) is 6.54 Å². The molecule has 0 radical (unpaired) electrons. The minimum absolute atomic E-state index is 0.598. The second-order valence-electron chi connectivity index (χ2n) is 6.05. The quantitative estimate of drug-likeness (QED) is 0.636. The van der Waals surface area contributed by atoms with Gasteiger partial charge in [0.25, 0.3) is 0 Å². The average Bonchev–Trinajstić information content (AvgIpc) is 3.27. The molecule has 0 fully saturated rings. The van der Waals surface area contributed by atoms with Crippen LogP contribution in [0.3, 0.4) is 0 Å². The van der Waals surface area contributed by atoms with Gasteiger partial charge in [0.15, 0.2) is 0 Å². The molecule has 23 heavy (non-hydrogen) atoms. The predicted molar refractivity (Wildman–Crippen MR) is 99.0 cm³/mol. The van der Waals surface area contributed by atoms with E-state index in [1.165, 1.54) is 40.6 Å². The number of nitrogens with zero attached hydrogens (tertiary/aromatic N) is 2. The summed E-state index contributed by atoms with van der Waals surface area (Å²) in [5, 5.41) is 5.57. The lowest BCUT2D eigenvalue weighted by Crippen LogP contribution is -1.92. The van der Waals surface area contributed by atoms with Crippen molar-refractivity contribution in [2.24, 2.45) is 0 Å². The van der Waals surface area contributed by atoms with Crippen LogP contribution in [0.25, 0.3) is 10.9 Å². The maximum absolute atomic E-state index is 4.21. The summed E-state index contributed by atoms with van der Waals surface area (Å²) in [5.74, 6) is 0.598. The van der Waals surface area contributed by atoms with E-state index < -0.39 is 0 Å². The third-order valence-corrected chi connectivity index (χ3v) is 4.18. The van der Waals surface area contributed by atoms with Gasteiger partial charge in [-0.3, -0.25) is 4.68 Å². The monoisotopic (exact) mass is 311 g/mol. The minimum Gasteiger partial charge on any atom is -0.361 e. The molecule has 0 unspecified atom stereocenters. The average molecular weight is 311 g/mol. The summed E-state index contributed by atoms with van der Waals surface area (Å²) < 4.78 is 2.11. The third-order valence-electron chi connectivity index (χ3n) is 4.18. The molecule has 4 rings (SSSR count). The highest BCUT2D eigenvalue weighted by molar-refractivity contribution is 5.83. The van der Waals surface area contributed by atoms with Gasteiger partial charge in [-0.05, 0) is 42.9 Å². The van der Waals surface area contributed by atoms with Crippen LogP contribution in [-0.2, 0) is 13.0 Å². The molecule has 3 heteroatoms. The predicted octanol–water partition coefficient (Wildman–Crippen LogP) is 5.46. The summed E-state index contributed by atoms with van der Waals surface area (Å²) >= 11 is 0. The van der Waals surface area contributed by atoms with Crippen LogP contribution >= 0.6 is 0 Å². The molecule has 0 aliphatic carbocycles. The summed E-state index contributed by atoms with van der Waals surface area (Å²) in [6.07, 6.45) is 6.57. The van der Waals surface area contributed by atoms with Gasteiger partial charge in [-0.1, -0.05) is 45.9 Å². The Bertz CT molecular complexity index is 734. The summed E-state index contributed by atoms with van der Waals surface area (Å²) in [6, 6.07) is 8.42. The Morgan fingerprint density at radius 1 is 1.17 bits per heavy atom. The number of hydrogen-bond donors (Lipinski definition) is 1. The highest BCUT2D eigenvalue weighted by Gasteiger charge is 2.12. The maximum Gasteiger partial charge on any atom is 0.0521 e. The Kier molecular flexibility index (Phi) is 6.03. The molecule has 3 heterocycles.